The van der Waals surface area contributed by atoms with E-state index in [1.807, 2.05) is 11.9 Å². The van der Waals surface area contributed by atoms with Gasteiger partial charge in [0.15, 0.2) is 5.78 Å². The lowest BCUT2D eigenvalue weighted by Crippen LogP contribution is -2.14. The summed E-state index contributed by atoms with van der Waals surface area (Å²) in [5.74, 6) is -0.156. The highest BCUT2D eigenvalue weighted by Crippen LogP contribution is 2.31. The van der Waals surface area contributed by atoms with Gasteiger partial charge in [-0.3, -0.25) is 9.80 Å². The van der Waals surface area contributed by atoms with Crippen molar-refractivity contribution in [1.29, 1.82) is 0 Å². The predicted molar refractivity (Wildman–Crippen MR) is 91.2 cm³/mol. The first-order chi connectivity index (χ1) is 10.0. The quantitative estimate of drug-likeness (QED) is 0.544. The number of halogens is 2. The monoisotopic (exact) mass is 342 g/mol. The molecule has 0 spiro atoms. The number of thioether (sulfide) groups is 1. The summed E-state index contributed by atoms with van der Waals surface area (Å²) in [5.41, 5.74) is 0.414. The van der Waals surface area contributed by atoms with Crippen molar-refractivity contribution < 1.29 is 4.79 Å². The highest BCUT2D eigenvalue weighted by atomic mass is 35.5. The Balaban J connectivity index is 2.21. The first-order valence-electron chi connectivity index (χ1n) is 6.73. The van der Waals surface area contributed by atoms with E-state index in [1.165, 1.54) is 11.8 Å². The van der Waals surface area contributed by atoms with Gasteiger partial charge in [0, 0.05) is 23.2 Å². The summed E-state index contributed by atoms with van der Waals surface area (Å²) in [7, 11) is 0. The lowest BCUT2D eigenvalue weighted by molar-refractivity contribution is 0.104. The van der Waals surface area contributed by atoms with E-state index in [0.717, 1.165) is 29.5 Å². The number of benzene rings is 1. The van der Waals surface area contributed by atoms with Crippen LogP contribution < -0.4 is 0 Å². The molecular formula is C15H16Cl2N2OS. The number of nitrogens with zero attached hydrogens (tertiary/aromatic N) is 2. The van der Waals surface area contributed by atoms with Crippen LogP contribution in [0.2, 0.25) is 10.0 Å². The Morgan fingerprint density at radius 2 is 2.19 bits per heavy atom. The van der Waals surface area contributed by atoms with E-state index in [1.54, 1.807) is 24.3 Å². The zero-order valence-corrected chi connectivity index (χ0v) is 14.2. The second-order valence-corrected chi connectivity index (χ2v) is 6.73. The van der Waals surface area contributed by atoms with Gasteiger partial charge in [0.05, 0.1) is 10.1 Å². The Kier molecular flexibility index (Phi) is 5.73. The summed E-state index contributed by atoms with van der Waals surface area (Å²) < 4.78 is 0. The van der Waals surface area contributed by atoms with Gasteiger partial charge in [0.25, 0.3) is 0 Å². The molecule has 1 aromatic carbocycles. The van der Waals surface area contributed by atoms with Gasteiger partial charge in [-0.05, 0) is 31.5 Å². The molecule has 0 aromatic heterocycles. The summed E-state index contributed by atoms with van der Waals surface area (Å²) in [6.07, 6.45) is 3.69. The summed E-state index contributed by atoms with van der Waals surface area (Å²) in [6.45, 7) is 4.87. The minimum absolute atomic E-state index is 0.156. The molecule has 0 aliphatic carbocycles. The predicted octanol–water partition coefficient (Wildman–Crippen LogP) is 5.20. The molecule has 0 saturated heterocycles. The normalized spacial score (nSPS) is 16.5. The van der Waals surface area contributed by atoms with Gasteiger partial charge < -0.3 is 0 Å². The molecule has 112 valence electrons. The maximum atomic E-state index is 12.4. The van der Waals surface area contributed by atoms with E-state index in [0.29, 0.717) is 15.6 Å². The number of carbonyl (C=O) groups is 1. The summed E-state index contributed by atoms with van der Waals surface area (Å²) >= 11 is 13.5. The van der Waals surface area contributed by atoms with Crippen LogP contribution in [-0.4, -0.2) is 22.4 Å². The van der Waals surface area contributed by atoms with Crippen molar-refractivity contribution >= 4 is 45.8 Å². The lowest BCUT2D eigenvalue weighted by Gasteiger charge is -2.14. The second kappa shape index (κ2) is 7.34. The number of allylic oxidation sites excluding steroid dienone is 1. The number of rotatable bonds is 5. The smallest absolute Gasteiger partial charge is 0.190 e. The number of hydrogen-bond acceptors (Lipinski definition) is 4. The van der Waals surface area contributed by atoms with E-state index < -0.39 is 0 Å². The zero-order valence-electron chi connectivity index (χ0n) is 11.9. The number of hydrogen-bond donors (Lipinski definition) is 0. The van der Waals surface area contributed by atoms with Crippen molar-refractivity contribution in [2.75, 3.05) is 6.54 Å². The van der Waals surface area contributed by atoms with Crippen LogP contribution in [0.15, 0.2) is 34.4 Å². The molecule has 1 aliphatic rings. The van der Waals surface area contributed by atoms with Crippen molar-refractivity contribution in [2.24, 2.45) is 5.10 Å². The third-order valence-electron chi connectivity index (χ3n) is 2.94. The second-order valence-electron chi connectivity index (χ2n) is 4.67. The van der Waals surface area contributed by atoms with E-state index in [2.05, 4.69) is 12.0 Å². The van der Waals surface area contributed by atoms with Crippen LogP contribution in [0.5, 0.6) is 0 Å². The van der Waals surface area contributed by atoms with Crippen molar-refractivity contribution in [3.63, 3.8) is 0 Å². The topological polar surface area (TPSA) is 32.7 Å². The third kappa shape index (κ3) is 4.25. The van der Waals surface area contributed by atoms with Gasteiger partial charge >= 0.3 is 0 Å². The number of hydrazone groups is 1. The van der Waals surface area contributed by atoms with Crippen LogP contribution in [0.3, 0.4) is 0 Å². The first kappa shape index (κ1) is 16.4. The molecule has 0 saturated carbocycles. The van der Waals surface area contributed by atoms with Gasteiger partial charge in [0.1, 0.15) is 5.03 Å². The molecule has 3 nitrogen and oxygen atoms in total. The van der Waals surface area contributed by atoms with Crippen LogP contribution in [0.1, 0.15) is 37.0 Å². The minimum atomic E-state index is -0.156. The Hall–Kier alpha value is -0.970. The molecule has 0 atom stereocenters. The number of unbranched alkanes of at least 4 members (excludes halogenated alkanes) is 1. The maximum Gasteiger partial charge on any atom is 0.190 e. The first-order valence-corrected chi connectivity index (χ1v) is 8.30. The molecule has 0 N–H and O–H groups in total. The third-order valence-corrected chi connectivity index (χ3v) is 4.42. The van der Waals surface area contributed by atoms with Crippen molar-refractivity contribution in [3.05, 3.63) is 44.9 Å². The van der Waals surface area contributed by atoms with Gasteiger partial charge in [-0.1, -0.05) is 48.3 Å². The molecule has 0 bridgehead atoms. The maximum absolute atomic E-state index is 12.4. The lowest BCUT2D eigenvalue weighted by atomic mass is 10.1. The van der Waals surface area contributed by atoms with E-state index in [-0.39, 0.29) is 5.78 Å². The SMILES string of the molecule is CCCCN1N=C(C)SC1=CC(=O)c1cc(Cl)ccc1Cl. The molecule has 0 fully saturated rings. The average molecular weight is 343 g/mol. The minimum Gasteiger partial charge on any atom is -0.289 e. The summed E-state index contributed by atoms with van der Waals surface area (Å²) in [4.78, 5) is 12.4. The van der Waals surface area contributed by atoms with Crippen LogP contribution in [0.4, 0.5) is 0 Å². The Morgan fingerprint density at radius 3 is 2.90 bits per heavy atom. The highest BCUT2D eigenvalue weighted by molar-refractivity contribution is 8.17. The molecule has 6 heteroatoms. The van der Waals surface area contributed by atoms with Crippen LogP contribution in [0, 0.1) is 0 Å². The Morgan fingerprint density at radius 1 is 1.43 bits per heavy atom. The molecule has 0 amide bonds. The molecule has 0 unspecified atom stereocenters. The van der Waals surface area contributed by atoms with E-state index >= 15 is 0 Å². The fraction of sp³-hybridized carbons (Fsp3) is 0.333. The number of ketones is 1. The number of carbonyl (C=O) groups excluding carboxylic acids is 1. The van der Waals surface area contributed by atoms with Crippen LogP contribution in [0.25, 0.3) is 0 Å². The standard InChI is InChI=1S/C15H16Cl2N2OS/c1-3-4-7-19-15(21-10(2)18-19)9-14(20)12-8-11(16)5-6-13(12)17/h5-6,8-9H,3-4,7H2,1-2H3. The molecule has 2 rings (SSSR count). The highest BCUT2D eigenvalue weighted by Gasteiger charge is 2.20. The van der Waals surface area contributed by atoms with Crippen LogP contribution >= 0.6 is 35.0 Å². The largest absolute Gasteiger partial charge is 0.289 e. The van der Waals surface area contributed by atoms with Crippen molar-refractivity contribution in [3.8, 4) is 0 Å². The molecular weight excluding hydrogens is 327 g/mol. The Labute approximate surface area is 139 Å². The van der Waals surface area contributed by atoms with Gasteiger partial charge in [-0.2, -0.15) is 5.10 Å². The zero-order chi connectivity index (χ0) is 15.4. The van der Waals surface area contributed by atoms with Gasteiger partial charge in [-0.25, -0.2) is 0 Å². The molecule has 1 aromatic rings. The molecule has 21 heavy (non-hydrogen) atoms. The average Bonchev–Trinajstić information content (AvgIpc) is 2.79. The van der Waals surface area contributed by atoms with E-state index in [4.69, 9.17) is 23.2 Å². The van der Waals surface area contributed by atoms with E-state index in [9.17, 15) is 4.79 Å². The van der Waals surface area contributed by atoms with Gasteiger partial charge in [-0.15, -0.1) is 0 Å². The van der Waals surface area contributed by atoms with Crippen molar-refractivity contribution in [1.82, 2.24) is 5.01 Å². The summed E-state index contributed by atoms with van der Waals surface area (Å²) in [6, 6.07) is 4.89. The Bertz CT molecular complexity index is 614. The summed E-state index contributed by atoms with van der Waals surface area (Å²) in [5, 5.41) is 8.97. The fourth-order valence-corrected chi connectivity index (χ4v) is 3.12. The van der Waals surface area contributed by atoms with Gasteiger partial charge in [0.2, 0.25) is 0 Å². The molecule has 0 radical (unpaired) electrons. The molecule has 1 aliphatic heterocycles. The fourth-order valence-electron chi connectivity index (χ4n) is 1.89. The molecule has 1 heterocycles. The van der Waals surface area contributed by atoms with Crippen LogP contribution in [-0.2, 0) is 0 Å². The van der Waals surface area contributed by atoms with Crippen molar-refractivity contribution in [2.45, 2.75) is 26.7 Å².